The molecule has 0 bridgehead atoms. The summed E-state index contributed by atoms with van der Waals surface area (Å²) in [4.78, 5) is 4.47. The van der Waals surface area contributed by atoms with Crippen LogP contribution in [0.3, 0.4) is 0 Å². The summed E-state index contributed by atoms with van der Waals surface area (Å²) >= 11 is 0. The lowest BCUT2D eigenvalue weighted by molar-refractivity contribution is 0.0310. The molecule has 0 aliphatic carbocycles. The first kappa shape index (κ1) is 21.9. The van der Waals surface area contributed by atoms with Gasteiger partial charge >= 0.3 is 0 Å². The van der Waals surface area contributed by atoms with Gasteiger partial charge < -0.3 is 20.1 Å². The molecule has 0 unspecified atom stereocenters. The van der Waals surface area contributed by atoms with Gasteiger partial charge in [0, 0.05) is 19.7 Å². The number of hydrogen-bond donors (Lipinski definition) is 2. The van der Waals surface area contributed by atoms with Gasteiger partial charge in [0.25, 0.3) is 0 Å². The topological polar surface area (TPSA) is 54.9 Å². The van der Waals surface area contributed by atoms with E-state index >= 15 is 0 Å². The van der Waals surface area contributed by atoms with Gasteiger partial charge in [0.1, 0.15) is 18.2 Å². The molecule has 1 aromatic rings. The molecule has 5 nitrogen and oxygen atoms in total. The van der Waals surface area contributed by atoms with Gasteiger partial charge in [-0.25, -0.2) is 4.39 Å². The lowest BCUT2D eigenvalue weighted by atomic mass is 10.1. The summed E-state index contributed by atoms with van der Waals surface area (Å²) in [5, 5.41) is 6.32. The molecule has 0 aromatic heterocycles. The zero-order valence-corrected chi connectivity index (χ0v) is 16.5. The maximum Gasteiger partial charge on any atom is 0.191 e. The second kappa shape index (κ2) is 11.4. The number of rotatable bonds is 8. The first-order valence-corrected chi connectivity index (χ1v) is 7.42. The van der Waals surface area contributed by atoms with Crippen LogP contribution in [0.2, 0.25) is 0 Å². The summed E-state index contributed by atoms with van der Waals surface area (Å²) in [7, 11) is 1.67. The fraction of sp³-hybridized carbons (Fsp3) is 0.562. The second-order valence-electron chi connectivity index (χ2n) is 5.39. The number of guanidine groups is 1. The van der Waals surface area contributed by atoms with Gasteiger partial charge in [-0.2, -0.15) is 0 Å². The van der Waals surface area contributed by atoms with E-state index in [1.165, 1.54) is 12.1 Å². The maximum atomic E-state index is 13.0. The number of halogens is 2. The van der Waals surface area contributed by atoms with E-state index in [1.807, 2.05) is 20.8 Å². The van der Waals surface area contributed by atoms with Crippen LogP contribution in [-0.4, -0.2) is 44.9 Å². The summed E-state index contributed by atoms with van der Waals surface area (Å²) < 4.78 is 23.8. The van der Waals surface area contributed by atoms with Crippen LogP contribution in [0.5, 0.6) is 5.75 Å². The molecule has 0 aliphatic heterocycles. The quantitative estimate of drug-likeness (QED) is 0.283. The van der Waals surface area contributed by atoms with E-state index in [4.69, 9.17) is 9.47 Å². The minimum Gasteiger partial charge on any atom is -0.492 e. The smallest absolute Gasteiger partial charge is 0.191 e. The number of nitrogens with one attached hydrogen (secondary N) is 2. The Morgan fingerprint density at radius 3 is 2.65 bits per heavy atom. The standard InChI is InChI=1S/C16H26FN3O2.HI/c1-5-18-15(20-12-16(2,3)21-4)19-9-10-22-14-8-6-7-13(17)11-14;/h6-8,11H,5,9-10,12H2,1-4H3,(H2,18,19,20);1H. The maximum absolute atomic E-state index is 13.0. The summed E-state index contributed by atoms with van der Waals surface area (Å²) in [6.07, 6.45) is 0. The van der Waals surface area contributed by atoms with Crippen molar-refractivity contribution < 1.29 is 13.9 Å². The SMILES string of the molecule is CCNC(=NCC(C)(C)OC)NCCOc1cccc(F)c1.I. The minimum absolute atomic E-state index is 0. The van der Waals surface area contributed by atoms with Crippen molar-refractivity contribution in [1.82, 2.24) is 10.6 Å². The third kappa shape index (κ3) is 9.60. The fourth-order valence-corrected chi connectivity index (χ4v) is 1.57. The molecule has 0 fully saturated rings. The Labute approximate surface area is 155 Å². The van der Waals surface area contributed by atoms with E-state index in [9.17, 15) is 4.39 Å². The molecule has 0 radical (unpaired) electrons. The number of methoxy groups -OCH3 is 1. The Balaban J connectivity index is 0.00000484. The molecule has 0 atom stereocenters. The van der Waals surface area contributed by atoms with Crippen LogP contribution in [-0.2, 0) is 4.74 Å². The monoisotopic (exact) mass is 439 g/mol. The van der Waals surface area contributed by atoms with Crippen LogP contribution in [0.15, 0.2) is 29.3 Å². The van der Waals surface area contributed by atoms with Crippen molar-refractivity contribution >= 4 is 29.9 Å². The summed E-state index contributed by atoms with van der Waals surface area (Å²) in [5.74, 6) is 0.918. The molecule has 0 heterocycles. The molecule has 2 N–H and O–H groups in total. The molecular formula is C16H27FIN3O2. The zero-order chi connectivity index (χ0) is 16.4. The van der Waals surface area contributed by atoms with Crippen molar-refractivity contribution in [3.05, 3.63) is 30.1 Å². The Morgan fingerprint density at radius 2 is 2.04 bits per heavy atom. The van der Waals surface area contributed by atoms with Crippen molar-refractivity contribution in [1.29, 1.82) is 0 Å². The highest BCUT2D eigenvalue weighted by Crippen LogP contribution is 2.11. The van der Waals surface area contributed by atoms with Crippen molar-refractivity contribution in [3.8, 4) is 5.75 Å². The van der Waals surface area contributed by atoms with Crippen molar-refractivity contribution in [2.45, 2.75) is 26.4 Å². The molecule has 1 rings (SSSR count). The number of aliphatic imine (C=N–C) groups is 1. The summed E-state index contributed by atoms with van der Waals surface area (Å²) in [6.45, 7) is 8.26. The Hall–Kier alpha value is -1.09. The lowest BCUT2D eigenvalue weighted by Crippen LogP contribution is -2.40. The van der Waals surface area contributed by atoms with Crippen molar-refractivity contribution in [2.75, 3.05) is 33.4 Å². The molecule has 0 spiro atoms. The first-order valence-electron chi connectivity index (χ1n) is 7.42. The highest BCUT2D eigenvalue weighted by atomic mass is 127. The Morgan fingerprint density at radius 1 is 1.30 bits per heavy atom. The molecular weight excluding hydrogens is 412 g/mol. The number of ether oxygens (including phenoxy) is 2. The summed E-state index contributed by atoms with van der Waals surface area (Å²) in [6, 6.07) is 6.10. The van der Waals surface area contributed by atoms with Gasteiger partial charge in [-0.05, 0) is 32.9 Å². The van der Waals surface area contributed by atoms with Gasteiger partial charge in [-0.1, -0.05) is 6.07 Å². The van der Waals surface area contributed by atoms with Gasteiger partial charge in [-0.15, -0.1) is 24.0 Å². The van der Waals surface area contributed by atoms with E-state index < -0.39 is 0 Å². The van der Waals surface area contributed by atoms with Gasteiger partial charge in [0.05, 0.1) is 18.7 Å². The van der Waals surface area contributed by atoms with Crippen LogP contribution in [0.25, 0.3) is 0 Å². The zero-order valence-electron chi connectivity index (χ0n) is 14.2. The van der Waals surface area contributed by atoms with E-state index in [-0.39, 0.29) is 35.4 Å². The molecule has 0 aliphatic rings. The molecule has 0 saturated carbocycles. The van der Waals surface area contributed by atoms with Crippen LogP contribution < -0.4 is 15.4 Å². The number of hydrogen-bond acceptors (Lipinski definition) is 3. The van der Waals surface area contributed by atoms with E-state index in [0.29, 0.717) is 31.4 Å². The van der Waals surface area contributed by atoms with E-state index in [2.05, 4.69) is 15.6 Å². The van der Waals surface area contributed by atoms with Crippen LogP contribution >= 0.6 is 24.0 Å². The molecule has 0 amide bonds. The number of nitrogens with zero attached hydrogens (tertiary/aromatic N) is 1. The van der Waals surface area contributed by atoms with Crippen molar-refractivity contribution in [2.24, 2.45) is 4.99 Å². The summed E-state index contributed by atoms with van der Waals surface area (Å²) in [5.41, 5.74) is -0.305. The van der Waals surface area contributed by atoms with Gasteiger partial charge in [0.15, 0.2) is 5.96 Å². The Kier molecular flexibility index (Phi) is 10.9. The van der Waals surface area contributed by atoms with Gasteiger partial charge in [-0.3, -0.25) is 4.99 Å². The van der Waals surface area contributed by atoms with Gasteiger partial charge in [0.2, 0.25) is 0 Å². The molecule has 0 saturated heterocycles. The van der Waals surface area contributed by atoms with Crippen molar-refractivity contribution in [3.63, 3.8) is 0 Å². The predicted octanol–water partition coefficient (Wildman–Crippen LogP) is 2.80. The molecule has 132 valence electrons. The van der Waals surface area contributed by atoms with E-state index in [0.717, 1.165) is 6.54 Å². The third-order valence-electron chi connectivity index (χ3n) is 2.97. The van der Waals surface area contributed by atoms with Crippen LogP contribution in [0, 0.1) is 5.82 Å². The van der Waals surface area contributed by atoms with Crippen LogP contribution in [0.1, 0.15) is 20.8 Å². The second-order valence-corrected chi connectivity index (χ2v) is 5.39. The molecule has 23 heavy (non-hydrogen) atoms. The fourth-order valence-electron chi connectivity index (χ4n) is 1.57. The third-order valence-corrected chi connectivity index (χ3v) is 2.97. The average molecular weight is 439 g/mol. The lowest BCUT2D eigenvalue weighted by Gasteiger charge is -2.21. The minimum atomic E-state index is -0.305. The molecule has 7 heteroatoms. The van der Waals surface area contributed by atoms with E-state index in [1.54, 1.807) is 19.2 Å². The first-order chi connectivity index (χ1) is 10.5. The van der Waals surface area contributed by atoms with Crippen LogP contribution in [0.4, 0.5) is 4.39 Å². The molecule has 1 aromatic carbocycles. The predicted molar refractivity (Wildman–Crippen MR) is 102 cm³/mol. The highest BCUT2D eigenvalue weighted by Gasteiger charge is 2.15. The Bertz CT molecular complexity index is 484. The largest absolute Gasteiger partial charge is 0.492 e. The highest BCUT2D eigenvalue weighted by molar-refractivity contribution is 14.0. The average Bonchev–Trinajstić information content (AvgIpc) is 2.49. The number of benzene rings is 1. The normalized spacial score (nSPS) is 11.6.